The molecule has 12 heavy (non-hydrogen) atoms. The molecule has 1 atom stereocenters. The predicted molar refractivity (Wildman–Crippen MR) is 47.6 cm³/mol. The molecule has 66 valence electrons. The van der Waals surface area contributed by atoms with Crippen molar-refractivity contribution in [1.29, 1.82) is 0 Å². The zero-order valence-corrected chi connectivity index (χ0v) is 7.76. The van der Waals surface area contributed by atoms with Gasteiger partial charge in [-0.05, 0) is 29.1 Å². The summed E-state index contributed by atoms with van der Waals surface area (Å²) in [6.07, 6.45) is 1.79. The Kier molecular flexibility index (Phi) is 3.44. The van der Waals surface area contributed by atoms with Gasteiger partial charge in [-0.15, -0.1) is 0 Å². The van der Waals surface area contributed by atoms with Crippen molar-refractivity contribution in [2.45, 2.75) is 24.7 Å². The molecule has 0 aliphatic carbocycles. The summed E-state index contributed by atoms with van der Waals surface area (Å²) in [5.74, 6) is 0. The fourth-order valence-corrected chi connectivity index (χ4v) is 1.72. The van der Waals surface area contributed by atoms with E-state index in [1.807, 2.05) is 19.1 Å². The maximum Gasteiger partial charge on any atom is 0.0280 e. The van der Waals surface area contributed by atoms with E-state index in [9.17, 15) is 8.76 Å². The minimum absolute atomic E-state index is 0.430. The van der Waals surface area contributed by atoms with Crippen LogP contribution in [-0.4, -0.2) is 8.76 Å². The van der Waals surface area contributed by atoms with E-state index in [2.05, 4.69) is 0 Å². The highest BCUT2D eigenvalue weighted by molar-refractivity contribution is 7.79. The smallest absolute Gasteiger partial charge is 0.0280 e. The van der Waals surface area contributed by atoms with Gasteiger partial charge in [0.2, 0.25) is 0 Å². The summed E-state index contributed by atoms with van der Waals surface area (Å²) in [5.41, 5.74) is 0.910. The van der Waals surface area contributed by atoms with E-state index in [0.717, 1.165) is 18.4 Å². The Morgan fingerprint density at radius 2 is 2.08 bits per heavy atom. The number of rotatable bonds is 3. The molecule has 1 aromatic rings. The third-order valence-electron chi connectivity index (χ3n) is 1.67. The van der Waals surface area contributed by atoms with Gasteiger partial charge in [0.15, 0.2) is 0 Å². The lowest BCUT2D eigenvalue weighted by Crippen LogP contribution is -1.95. The number of aryl methyl sites for hydroxylation is 1. The summed E-state index contributed by atoms with van der Waals surface area (Å²) < 4.78 is 21.4. The molecule has 0 amide bonds. The first-order chi connectivity index (χ1) is 5.75. The van der Waals surface area contributed by atoms with Crippen molar-refractivity contribution in [2.75, 3.05) is 0 Å². The van der Waals surface area contributed by atoms with Crippen molar-refractivity contribution in [3.63, 3.8) is 0 Å². The molecule has 0 saturated carbocycles. The molecule has 1 rings (SSSR count). The fourth-order valence-electron chi connectivity index (χ4n) is 1.14. The van der Waals surface area contributed by atoms with E-state index in [1.165, 1.54) is 0 Å². The third kappa shape index (κ3) is 2.16. The van der Waals surface area contributed by atoms with Crippen LogP contribution in [-0.2, 0) is 17.5 Å². The van der Waals surface area contributed by atoms with Crippen molar-refractivity contribution in [1.82, 2.24) is 0 Å². The zero-order chi connectivity index (χ0) is 8.97. The number of benzene rings is 1. The molecule has 0 heterocycles. The maximum atomic E-state index is 10.7. The average molecular weight is 183 g/mol. The van der Waals surface area contributed by atoms with E-state index in [-0.39, 0.29) is 0 Å². The van der Waals surface area contributed by atoms with Gasteiger partial charge in [-0.3, -0.25) is 4.21 Å². The van der Waals surface area contributed by atoms with Crippen molar-refractivity contribution in [3.05, 3.63) is 29.8 Å². The number of hydrogen-bond donors (Lipinski definition) is 0. The summed E-state index contributed by atoms with van der Waals surface area (Å²) in [5, 5.41) is 0. The second-order valence-electron chi connectivity index (χ2n) is 2.59. The van der Waals surface area contributed by atoms with Gasteiger partial charge in [0.1, 0.15) is 0 Å². The Balaban J connectivity index is 3.00. The molecule has 0 bridgehead atoms. The Hall–Kier alpha value is -0.670. The van der Waals surface area contributed by atoms with Crippen LogP contribution in [0.5, 0.6) is 0 Å². The van der Waals surface area contributed by atoms with Gasteiger partial charge in [0.25, 0.3) is 0 Å². The third-order valence-corrected chi connectivity index (χ3v) is 2.43. The van der Waals surface area contributed by atoms with Crippen LogP contribution in [0.15, 0.2) is 29.2 Å². The van der Waals surface area contributed by atoms with E-state index in [4.69, 9.17) is 0 Å². The highest BCUT2D eigenvalue weighted by atomic mass is 32.2. The lowest BCUT2D eigenvalue weighted by atomic mass is 10.1. The van der Waals surface area contributed by atoms with Crippen molar-refractivity contribution >= 4 is 11.1 Å². The van der Waals surface area contributed by atoms with E-state index in [0.29, 0.717) is 4.90 Å². The van der Waals surface area contributed by atoms with Crippen molar-refractivity contribution in [3.8, 4) is 0 Å². The molecular weight excluding hydrogens is 172 g/mol. The molecule has 0 aliphatic heterocycles. The van der Waals surface area contributed by atoms with Crippen LogP contribution in [0.25, 0.3) is 0 Å². The van der Waals surface area contributed by atoms with Gasteiger partial charge >= 0.3 is 0 Å². The Bertz CT molecular complexity index is 284. The van der Waals surface area contributed by atoms with Crippen LogP contribution in [0, 0.1) is 0 Å². The number of hydrogen-bond acceptors (Lipinski definition) is 2. The summed E-state index contributed by atoms with van der Waals surface area (Å²) in [4.78, 5) is 0.430. The fraction of sp³-hybridized carbons (Fsp3) is 0.333. The minimum Gasteiger partial charge on any atom is -0.768 e. The Morgan fingerprint density at radius 1 is 1.42 bits per heavy atom. The second kappa shape index (κ2) is 4.38. The van der Waals surface area contributed by atoms with Crippen LogP contribution >= 0.6 is 0 Å². The van der Waals surface area contributed by atoms with Crippen LogP contribution < -0.4 is 0 Å². The molecule has 0 spiro atoms. The topological polar surface area (TPSA) is 40.1 Å². The van der Waals surface area contributed by atoms with Gasteiger partial charge in [-0.2, -0.15) is 0 Å². The molecule has 1 aromatic carbocycles. The standard InChI is InChI=1S/C9H12O2S/c1-2-5-8-6-3-4-7-9(8)12(10)11/h3-4,6-7H,2,5H2,1H3,(H,10,11)/p-1. The highest BCUT2D eigenvalue weighted by Crippen LogP contribution is 2.13. The molecule has 3 heteroatoms. The van der Waals surface area contributed by atoms with Gasteiger partial charge in [-0.25, -0.2) is 0 Å². The minimum atomic E-state index is -2.09. The van der Waals surface area contributed by atoms with E-state index in [1.54, 1.807) is 12.1 Å². The Morgan fingerprint density at radius 3 is 2.67 bits per heavy atom. The molecule has 0 N–H and O–H groups in total. The van der Waals surface area contributed by atoms with Gasteiger partial charge in [0.05, 0.1) is 0 Å². The highest BCUT2D eigenvalue weighted by Gasteiger charge is 1.99. The summed E-state index contributed by atoms with van der Waals surface area (Å²) in [6, 6.07) is 7.09. The van der Waals surface area contributed by atoms with Gasteiger partial charge in [-0.1, -0.05) is 31.5 Å². The molecular formula is C9H11O2S-. The van der Waals surface area contributed by atoms with Crippen LogP contribution in [0.1, 0.15) is 18.9 Å². The first-order valence-corrected chi connectivity index (χ1v) is 5.00. The zero-order valence-electron chi connectivity index (χ0n) is 6.95. The lowest BCUT2D eigenvalue weighted by Gasteiger charge is -2.10. The molecule has 0 radical (unpaired) electrons. The van der Waals surface area contributed by atoms with E-state index < -0.39 is 11.1 Å². The Labute approximate surface area is 74.9 Å². The molecule has 0 aliphatic rings. The van der Waals surface area contributed by atoms with Crippen molar-refractivity contribution < 1.29 is 8.76 Å². The van der Waals surface area contributed by atoms with Crippen LogP contribution in [0.2, 0.25) is 0 Å². The SMILES string of the molecule is CCCc1ccccc1S(=O)[O-]. The largest absolute Gasteiger partial charge is 0.768 e. The second-order valence-corrected chi connectivity index (χ2v) is 3.50. The normalized spacial score (nSPS) is 12.8. The lowest BCUT2D eigenvalue weighted by molar-refractivity contribution is 0.536. The van der Waals surface area contributed by atoms with Gasteiger partial charge < -0.3 is 4.55 Å². The quantitative estimate of drug-likeness (QED) is 0.671. The molecule has 0 aromatic heterocycles. The summed E-state index contributed by atoms with van der Waals surface area (Å²) >= 11 is -2.09. The average Bonchev–Trinajstić information content (AvgIpc) is 2.05. The van der Waals surface area contributed by atoms with E-state index >= 15 is 0 Å². The summed E-state index contributed by atoms with van der Waals surface area (Å²) in [7, 11) is 0. The maximum absolute atomic E-state index is 10.7. The molecule has 1 unspecified atom stereocenters. The first kappa shape index (κ1) is 9.42. The van der Waals surface area contributed by atoms with Crippen LogP contribution in [0.3, 0.4) is 0 Å². The first-order valence-electron chi connectivity index (χ1n) is 3.93. The van der Waals surface area contributed by atoms with Gasteiger partial charge in [0, 0.05) is 4.90 Å². The summed E-state index contributed by atoms with van der Waals surface area (Å²) in [6.45, 7) is 2.03. The van der Waals surface area contributed by atoms with Crippen molar-refractivity contribution in [2.24, 2.45) is 0 Å². The molecule has 2 nitrogen and oxygen atoms in total. The van der Waals surface area contributed by atoms with Crippen LogP contribution in [0.4, 0.5) is 0 Å². The monoisotopic (exact) mass is 183 g/mol. The predicted octanol–water partition coefficient (Wildman–Crippen LogP) is 1.88. The molecule has 0 saturated heterocycles. The molecule has 0 fully saturated rings.